The van der Waals surface area contributed by atoms with E-state index in [1.165, 1.54) is 12.3 Å². The van der Waals surface area contributed by atoms with Gasteiger partial charge in [-0.2, -0.15) is 5.21 Å². The first kappa shape index (κ1) is 14.1. The highest BCUT2D eigenvalue weighted by Crippen LogP contribution is 2.28. The number of anilines is 1. The number of H-pyrrole nitrogens is 1. The summed E-state index contributed by atoms with van der Waals surface area (Å²) in [5, 5.41) is 24.9. The van der Waals surface area contributed by atoms with Crippen LogP contribution in [0.3, 0.4) is 0 Å². The van der Waals surface area contributed by atoms with Crippen molar-refractivity contribution < 1.29 is 4.92 Å². The third kappa shape index (κ3) is 2.99. The molecule has 2 heterocycles. The molecule has 2 aromatic rings. The molecule has 2 rings (SSSR count). The number of aromatic amines is 1. The molecule has 10 heteroatoms. The first-order chi connectivity index (χ1) is 9.49. The van der Waals surface area contributed by atoms with Crippen molar-refractivity contribution in [2.24, 2.45) is 0 Å². The Morgan fingerprint density at radius 1 is 1.60 bits per heavy atom. The van der Waals surface area contributed by atoms with Crippen LogP contribution in [0, 0.1) is 10.1 Å². The Kier molecular flexibility index (Phi) is 4.08. The predicted octanol–water partition coefficient (Wildman–Crippen LogP) is 1.40. The van der Waals surface area contributed by atoms with Crippen LogP contribution >= 0.6 is 11.6 Å². The lowest BCUT2D eigenvalue weighted by atomic mass is 10.1. The molecular weight excluding hydrogens is 286 g/mol. The SMILES string of the molecule is CC(CN(C)c1ncc(Cl)cc1[N+](=O)[O-])c1nn[nH]n1. The molecule has 20 heavy (non-hydrogen) atoms. The number of hydrogen-bond donors (Lipinski definition) is 1. The topological polar surface area (TPSA) is 114 Å². The third-order valence-electron chi connectivity index (χ3n) is 2.72. The summed E-state index contributed by atoms with van der Waals surface area (Å²) in [6, 6.07) is 1.28. The van der Waals surface area contributed by atoms with Crippen LogP contribution in [0.1, 0.15) is 18.7 Å². The summed E-state index contributed by atoms with van der Waals surface area (Å²) in [6.07, 6.45) is 1.37. The molecule has 1 N–H and O–H groups in total. The van der Waals surface area contributed by atoms with Crippen LogP contribution in [0.15, 0.2) is 12.3 Å². The van der Waals surface area contributed by atoms with Crippen molar-refractivity contribution in [3.8, 4) is 0 Å². The monoisotopic (exact) mass is 297 g/mol. The molecule has 106 valence electrons. The molecule has 0 saturated heterocycles. The van der Waals surface area contributed by atoms with Crippen LogP contribution in [-0.2, 0) is 0 Å². The van der Waals surface area contributed by atoms with Gasteiger partial charge in [-0.1, -0.05) is 23.7 Å². The molecule has 0 amide bonds. The van der Waals surface area contributed by atoms with Gasteiger partial charge >= 0.3 is 5.69 Å². The molecule has 0 fully saturated rings. The molecule has 2 aromatic heterocycles. The van der Waals surface area contributed by atoms with Crippen molar-refractivity contribution >= 4 is 23.1 Å². The Labute approximate surface area is 119 Å². The van der Waals surface area contributed by atoms with E-state index in [9.17, 15) is 10.1 Å². The van der Waals surface area contributed by atoms with E-state index in [0.29, 0.717) is 12.4 Å². The second-order valence-electron chi connectivity index (χ2n) is 4.30. The van der Waals surface area contributed by atoms with Crippen LogP contribution < -0.4 is 4.90 Å². The summed E-state index contributed by atoms with van der Waals surface area (Å²) in [5.74, 6) is 0.721. The number of nitrogens with one attached hydrogen (secondary N) is 1. The number of tetrazole rings is 1. The maximum absolute atomic E-state index is 11.0. The number of aromatic nitrogens is 5. The zero-order chi connectivity index (χ0) is 14.7. The van der Waals surface area contributed by atoms with Gasteiger partial charge in [-0.05, 0) is 0 Å². The Morgan fingerprint density at radius 2 is 2.35 bits per heavy atom. The van der Waals surface area contributed by atoms with E-state index in [-0.39, 0.29) is 22.4 Å². The Morgan fingerprint density at radius 3 is 2.95 bits per heavy atom. The zero-order valence-corrected chi connectivity index (χ0v) is 11.6. The van der Waals surface area contributed by atoms with E-state index in [0.717, 1.165) is 0 Å². The summed E-state index contributed by atoms with van der Waals surface area (Å²) >= 11 is 5.73. The fourth-order valence-electron chi connectivity index (χ4n) is 1.81. The number of halogens is 1. The second-order valence-corrected chi connectivity index (χ2v) is 4.74. The van der Waals surface area contributed by atoms with Crippen molar-refractivity contribution in [2.45, 2.75) is 12.8 Å². The number of nitrogens with zero attached hydrogens (tertiary/aromatic N) is 6. The highest BCUT2D eigenvalue weighted by atomic mass is 35.5. The van der Waals surface area contributed by atoms with Crippen LogP contribution in [0.5, 0.6) is 0 Å². The van der Waals surface area contributed by atoms with Crippen LogP contribution in [0.25, 0.3) is 0 Å². The summed E-state index contributed by atoms with van der Waals surface area (Å²) < 4.78 is 0. The zero-order valence-electron chi connectivity index (χ0n) is 10.8. The molecule has 0 spiro atoms. The van der Waals surface area contributed by atoms with Crippen LogP contribution in [0.4, 0.5) is 11.5 Å². The molecule has 0 aliphatic carbocycles. The van der Waals surface area contributed by atoms with Crippen molar-refractivity contribution in [1.29, 1.82) is 0 Å². The summed E-state index contributed by atoms with van der Waals surface area (Å²) in [5.41, 5.74) is -0.139. The minimum atomic E-state index is -0.510. The third-order valence-corrected chi connectivity index (χ3v) is 2.93. The molecule has 1 atom stereocenters. The summed E-state index contributed by atoms with van der Waals surface area (Å²) in [7, 11) is 1.71. The molecule has 0 bridgehead atoms. The number of pyridine rings is 1. The van der Waals surface area contributed by atoms with Crippen molar-refractivity contribution in [3.05, 3.63) is 33.2 Å². The molecule has 1 unspecified atom stereocenters. The smallest absolute Gasteiger partial charge is 0.313 e. The van der Waals surface area contributed by atoms with Crippen molar-refractivity contribution in [2.75, 3.05) is 18.5 Å². The molecule has 0 aliphatic rings. The largest absolute Gasteiger partial charge is 0.353 e. The van der Waals surface area contributed by atoms with Gasteiger partial charge in [0.25, 0.3) is 0 Å². The predicted molar refractivity (Wildman–Crippen MR) is 71.8 cm³/mol. The number of nitro groups is 1. The molecule has 0 aliphatic heterocycles. The molecule has 9 nitrogen and oxygen atoms in total. The first-order valence-corrected chi connectivity index (χ1v) is 6.11. The summed E-state index contributed by atoms with van der Waals surface area (Å²) in [4.78, 5) is 16.2. The minimum Gasteiger partial charge on any atom is -0.353 e. The van der Waals surface area contributed by atoms with Crippen molar-refractivity contribution in [1.82, 2.24) is 25.6 Å². The van der Waals surface area contributed by atoms with Crippen LogP contribution in [-0.4, -0.2) is 44.1 Å². The molecule has 0 radical (unpaired) electrons. The Bertz CT molecular complexity index is 604. The van der Waals surface area contributed by atoms with Gasteiger partial charge in [-0.3, -0.25) is 10.1 Å². The quantitative estimate of drug-likeness (QED) is 0.655. The lowest BCUT2D eigenvalue weighted by Gasteiger charge is -2.20. The second kappa shape index (κ2) is 5.78. The van der Waals surface area contributed by atoms with E-state index in [2.05, 4.69) is 25.6 Å². The van der Waals surface area contributed by atoms with Gasteiger partial charge in [0.15, 0.2) is 5.82 Å². The van der Waals surface area contributed by atoms with Gasteiger partial charge in [0.05, 0.1) is 9.95 Å². The fraction of sp³-hybridized carbons (Fsp3) is 0.400. The Balaban J connectivity index is 2.21. The fourth-order valence-corrected chi connectivity index (χ4v) is 1.96. The van der Waals surface area contributed by atoms with E-state index >= 15 is 0 Å². The van der Waals surface area contributed by atoms with Gasteiger partial charge in [0, 0.05) is 31.8 Å². The summed E-state index contributed by atoms with van der Waals surface area (Å²) in [6.45, 7) is 2.35. The van der Waals surface area contributed by atoms with E-state index in [4.69, 9.17) is 11.6 Å². The highest BCUT2D eigenvalue weighted by molar-refractivity contribution is 6.30. The van der Waals surface area contributed by atoms with E-state index in [1.807, 2.05) is 6.92 Å². The normalized spacial score (nSPS) is 12.2. The van der Waals surface area contributed by atoms with E-state index < -0.39 is 4.92 Å². The van der Waals surface area contributed by atoms with Gasteiger partial charge in [0.1, 0.15) is 0 Å². The van der Waals surface area contributed by atoms with Gasteiger partial charge in [-0.25, -0.2) is 4.98 Å². The van der Waals surface area contributed by atoms with Gasteiger partial charge < -0.3 is 4.90 Å². The lowest BCUT2D eigenvalue weighted by molar-refractivity contribution is -0.384. The minimum absolute atomic E-state index is 0.0594. The molecule has 0 saturated carbocycles. The standard InChI is InChI=1S/C10H12ClN7O2/c1-6(9-13-15-16-14-9)5-17(2)10-8(18(19)20)3-7(11)4-12-10/h3-4,6H,5H2,1-2H3,(H,13,14,15,16). The molecule has 0 aromatic carbocycles. The van der Waals surface area contributed by atoms with Gasteiger partial charge in [-0.15, -0.1) is 10.2 Å². The Hall–Kier alpha value is -2.29. The number of rotatable bonds is 5. The van der Waals surface area contributed by atoms with E-state index in [1.54, 1.807) is 11.9 Å². The van der Waals surface area contributed by atoms with Crippen LogP contribution in [0.2, 0.25) is 5.02 Å². The average Bonchev–Trinajstić information content (AvgIpc) is 2.92. The average molecular weight is 298 g/mol. The number of hydrogen-bond acceptors (Lipinski definition) is 7. The highest BCUT2D eigenvalue weighted by Gasteiger charge is 2.22. The lowest BCUT2D eigenvalue weighted by Crippen LogP contribution is -2.25. The first-order valence-electron chi connectivity index (χ1n) is 5.73. The maximum Gasteiger partial charge on any atom is 0.313 e. The van der Waals surface area contributed by atoms with Crippen molar-refractivity contribution in [3.63, 3.8) is 0 Å². The number of likely N-dealkylation sites (N-methyl/N-ethyl adjacent to an activating group) is 1. The van der Waals surface area contributed by atoms with Gasteiger partial charge in [0.2, 0.25) is 5.82 Å². The maximum atomic E-state index is 11.0. The molecular formula is C10H12ClN7O2.